The van der Waals surface area contributed by atoms with Crippen molar-refractivity contribution in [2.75, 3.05) is 27.1 Å². The number of pyridine rings is 1. The molecule has 0 atom stereocenters. The van der Waals surface area contributed by atoms with E-state index in [1.54, 1.807) is 12.1 Å². The molecule has 2 heterocycles. The number of ether oxygens (including phenoxy) is 3. The molecule has 0 radical (unpaired) electrons. The van der Waals surface area contributed by atoms with Gasteiger partial charge in [0.2, 0.25) is 5.75 Å². The number of methoxy groups -OCH3 is 3. The minimum Gasteiger partial charge on any atom is -0.493 e. The highest BCUT2D eigenvalue weighted by Gasteiger charge is 2.24. The van der Waals surface area contributed by atoms with E-state index in [0.29, 0.717) is 38.6 Å². The first-order chi connectivity index (χ1) is 13.5. The van der Waals surface area contributed by atoms with Gasteiger partial charge in [-0.15, -0.1) is 11.3 Å². The van der Waals surface area contributed by atoms with Crippen molar-refractivity contribution in [3.63, 3.8) is 0 Å². The van der Waals surface area contributed by atoms with E-state index < -0.39 is 0 Å². The highest BCUT2D eigenvalue weighted by Crippen LogP contribution is 2.46. The predicted molar refractivity (Wildman–Crippen MR) is 103 cm³/mol. The van der Waals surface area contributed by atoms with Crippen LogP contribution in [0.15, 0.2) is 12.1 Å². The Morgan fingerprint density at radius 3 is 2.07 bits per heavy atom. The highest BCUT2D eigenvalue weighted by molar-refractivity contribution is 7.20. The number of fused-ring (bicyclic) bond motifs is 1. The maximum atomic E-state index is 9.73. The van der Waals surface area contributed by atoms with E-state index >= 15 is 0 Å². The fourth-order valence-electron chi connectivity index (χ4n) is 2.94. The van der Waals surface area contributed by atoms with E-state index in [0.717, 1.165) is 11.3 Å². The number of rotatable bonds is 4. The summed E-state index contributed by atoms with van der Waals surface area (Å²) in [6.07, 6.45) is 0. The lowest BCUT2D eigenvalue weighted by molar-refractivity contribution is 0.324. The van der Waals surface area contributed by atoms with Crippen molar-refractivity contribution in [2.45, 2.75) is 0 Å². The number of thiophene rings is 1. The van der Waals surface area contributed by atoms with Gasteiger partial charge in [-0.2, -0.15) is 15.8 Å². The van der Waals surface area contributed by atoms with Gasteiger partial charge >= 0.3 is 0 Å². The maximum absolute atomic E-state index is 9.73. The minimum absolute atomic E-state index is 0.0514. The number of hydrogen-bond acceptors (Lipinski definition) is 9. The molecule has 0 aliphatic carbocycles. The first kappa shape index (κ1) is 18.8. The van der Waals surface area contributed by atoms with E-state index in [9.17, 15) is 15.8 Å². The molecule has 28 heavy (non-hydrogen) atoms. The van der Waals surface area contributed by atoms with Crippen LogP contribution in [0.1, 0.15) is 16.1 Å². The first-order valence-electron chi connectivity index (χ1n) is 7.81. The molecule has 8 nitrogen and oxygen atoms in total. The molecule has 0 aliphatic rings. The van der Waals surface area contributed by atoms with Gasteiger partial charge in [0.05, 0.1) is 32.6 Å². The van der Waals surface area contributed by atoms with Crippen molar-refractivity contribution < 1.29 is 14.2 Å². The van der Waals surface area contributed by atoms with Crippen LogP contribution >= 0.6 is 11.3 Å². The zero-order valence-electron chi connectivity index (χ0n) is 15.2. The molecule has 9 heteroatoms. The molecule has 0 aliphatic heterocycles. The molecule has 3 rings (SSSR count). The van der Waals surface area contributed by atoms with Crippen LogP contribution in [0, 0.1) is 34.0 Å². The molecule has 3 aromatic rings. The van der Waals surface area contributed by atoms with Gasteiger partial charge < -0.3 is 19.9 Å². The largest absolute Gasteiger partial charge is 0.493 e. The number of anilines is 1. The van der Waals surface area contributed by atoms with Gasteiger partial charge in [-0.25, -0.2) is 4.98 Å². The van der Waals surface area contributed by atoms with Gasteiger partial charge in [0.1, 0.15) is 27.9 Å². The Labute approximate surface area is 164 Å². The quantitative estimate of drug-likeness (QED) is 0.715. The zero-order chi connectivity index (χ0) is 20.4. The topological polar surface area (TPSA) is 138 Å². The molecule has 0 spiro atoms. The molecule has 0 amide bonds. The second-order valence-corrected chi connectivity index (χ2v) is 6.48. The molecule has 1 aromatic carbocycles. The number of benzene rings is 1. The number of nitrogens with zero attached hydrogens (tertiary/aromatic N) is 4. The van der Waals surface area contributed by atoms with Crippen LogP contribution in [0.2, 0.25) is 0 Å². The summed E-state index contributed by atoms with van der Waals surface area (Å²) in [5.41, 5.74) is 7.28. The summed E-state index contributed by atoms with van der Waals surface area (Å²) in [5, 5.41) is 29.0. The monoisotopic (exact) mass is 391 g/mol. The summed E-state index contributed by atoms with van der Waals surface area (Å²) in [4.78, 5) is 4.87. The van der Waals surface area contributed by atoms with Crippen LogP contribution in [0.5, 0.6) is 17.2 Å². The number of hydrogen-bond donors (Lipinski definition) is 1. The second-order valence-electron chi connectivity index (χ2n) is 5.48. The van der Waals surface area contributed by atoms with E-state index in [1.807, 2.05) is 18.2 Å². The van der Waals surface area contributed by atoms with Crippen LogP contribution in [0.3, 0.4) is 0 Å². The SMILES string of the molecule is COc1cc(-c2c(C#N)c(C#N)nc3sc(C#N)c(N)c23)cc(OC)c1OC. The Morgan fingerprint density at radius 2 is 1.61 bits per heavy atom. The average Bonchev–Trinajstić information content (AvgIpc) is 3.06. The Balaban J connectivity index is 2.53. The molecule has 0 saturated carbocycles. The summed E-state index contributed by atoms with van der Waals surface area (Å²) >= 11 is 1.06. The molecule has 2 aromatic heterocycles. The Kier molecular flexibility index (Phi) is 4.91. The number of nitrogens with two attached hydrogens (primary N) is 1. The summed E-state index contributed by atoms with van der Waals surface area (Å²) in [7, 11) is 4.43. The van der Waals surface area contributed by atoms with Gasteiger partial charge in [-0.3, -0.25) is 0 Å². The average molecular weight is 391 g/mol. The van der Waals surface area contributed by atoms with E-state index in [2.05, 4.69) is 4.98 Å². The standard InChI is InChI=1S/C19H13N5O3S/c1-25-12-4-9(5-13(26-2)18(12)27-3)15-10(6-20)11(7-21)24-19-16(15)17(23)14(8-22)28-19/h4-5H,23H2,1-3H3. The summed E-state index contributed by atoms with van der Waals surface area (Å²) < 4.78 is 16.1. The number of aromatic nitrogens is 1. The van der Waals surface area contributed by atoms with Gasteiger partial charge in [0.25, 0.3) is 0 Å². The highest BCUT2D eigenvalue weighted by atomic mass is 32.1. The van der Waals surface area contributed by atoms with Gasteiger partial charge in [-0.1, -0.05) is 0 Å². The molecule has 0 saturated heterocycles. The molecule has 0 bridgehead atoms. The Bertz CT molecular complexity index is 1200. The molecule has 0 fully saturated rings. The van der Waals surface area contributed by atoms with Gasteiger partial charge in [0, 0.05) is 10.9 Å². The van der Waals surface area contributed by atoms with Crippen LogP contribution in [-0.2, 0) is 0 Å². The molecule has 2 N–H and O–H groups in total. The van der Waals surface area contributed by atoms with Crippen molar-refractivity contribution in [3.05, 3.63) is 28.3 Å². The van der Waals surface area contributed by atoms with Gasteiger partial charge in [-0.05, 0) is 17.7 Å². The third-order valence-electron chi connectivity index (χ3n) is 4.15. The third-order valence-corrected chi connectivity index (χ3v) is 5.15. The fraction of sp³-hybridized carbons (Fsp3) is 0.158. The van der Waals surface area contributed by atoms with Crippen molar-refractivity contribution in [1.82, 2.24) is 4.98 Å². The normalized spacial score (nSPS) is 10.0. The van der Waals surface area contributed by atoms with Crippen LogP contribution in [0.25, 0.3) is 21.3 Å². The van der Waals surface area contributed by atoms with Crippen molar-refractivity contribution >= 4 is 27.2 Å². The number of nitrogen functional groups attached to an aromatic ring is 1. The van der Waals surface area contributed by atoms with Crippen LogP contribution in [0.4, 0.5) is 5.69 Å². The second kappa shape index (κ2) is 7.32. The maximum Gasteiger partial charge on any atom is 0.203 e. The lowest BCUT2D eigenvalue weighted by Gasteiger charge is -2.15. The smallest absolute Gasteiger partial charge is 0.203 e. The molecular formula is C19H13N5O3S. The molecular weight excluding hydrogens is 378 g/mol. The Morgan fingerprint density at radius 1 is 0.964 bits per heavy atom. The summed E-state index contributed by atoms with van der Waals surface area (Å²) in [5.74, 6) is 1.13. The summed E-state index contributed by atoms with van der Waals surface area (Å²) in [6, 6.07) is 9.30. The van der Waals surface area contributed by atoms with Crippen molar-refractivity contribution in [2.24, 2.45) is 0 Å². The fourth-order valence-corrected chi connectivity index (χ4v) is 3.84. The van der Waals surface area contributed by atoms with E-state index in [-0.39, 0.29) is 21.8 Å². The van der Waals surface area contributed by atoms with Gasteiger partial charge in [0.15, 0.2) is 17.2 Å². The van der Waals surface area contributed by atoms with Crippen LogP contribution < -0.4 is 19.9 Å². The van der Waals surface area contributed by atoms with Crippen molar-refractivity contribution in [3.8, 4) is 46.6 Å². The molecule has 0 unspecified atom stereocenters. The van der Waals surface area contributed by atoms with E-state index in [4.69, 9.17) is 19.9 Å². The summed E-state index contributed by atoms with van der Waals surface area (Å²) in [6.45, 7) is 0. The lowest BCUT2D eigenvalue weighted by Crippen LogP contribution is -1.99. The number of nitriles is 3. The lowest BCUT2D eigenvalue weighted by atomic mass is 9.95. The predicted octanol–water partition coefficient (Wildman–Crippen LogP) is 3.19. The van der Waals surface area contributed by atoms with Crippen LogP contribution in [-0.4, -0.2) is 26.3 Å². The van der Waals surface area contributed by atoms with E-state index in [1.165, 1.54) is 21.3 Å². The zero-order valence-corrected chi connectivity index (χ0v) is 16.0. The molecule has 138 valence electrons. The van der Waals surface area contributed by atoms with Crippen molar-refractivity contribution in [1.29, 1.82) is 15.8 Å². The minimum atomic E-state index is -0.0514. The Hall–Kier alpha value is -4.00. The first-order valence-corrected chi connectivity index (χ1v) is 8.62. The third kappa shape index (κ3) is 2.69.